The van der Waals surface area contributed by atoms with Gasteiger partial charge < -0.3 is 33.5 Å². The lowest BCUT2D eigenvalue weighted by Gasteiger charge is -2.17. The molecule has 0 amide bonds. The van der Waals surface area contributed by atoms with E-state index in [-0.39, 0.29) is 12.6 Å². The third-order valence-corrected chi connectivity index (χ3v) is 4.41. The van der Waals surface area contributed by atoms with Crippen molar-refractivity contribution in [1.29, 1.82) is 0 Å². The molecule has 0 aromatic rings. The van der Waals surface area contributed by atoms with Gasteiger partial charge in [-0.25, -0.2) is 10.4 Å². The van der Waals surface area contributed by atoms with Crippen molar-refractivity contribution in [3.63, 3.8) is 0 Å². The lowest BCUT2D eigenvalue weighted by Crippen LogP contribution is -2.39. The summed E-state index contributed by atoms with van der Waals surface area (Å²) in [4.78, 5) is 0. The number of rotatable bonds is 21. The zero-order chi connectivity index (χ0) is 22.6. The van der Waals surface area contributed by atoms with E-state index in [0.29, 0.717) is 78.1 Å². The highest BCUT2D eigenvalue weighted by molar-refractivity contribution is 4.73. The van der Waals surface area contributed by atoms with E-state index in [2.05, 4.69) is 36.7 Å². The van der Waals surface area contributed by atoms with Crippen LogP contribution in [0.15, 0.2) is 0 Å². The molecule has 10 nitrogen and oxygen atoms in total. The quantitative estimate of drug-likeness (QED) is 0.210. The molecule has 1 atom stereocenters. The van der Waals surface area contributed by atoms with Crippen LogP contribution >= 0.6 is 0 Å². The zero-order valence-electron chi connectivity index (χ0n) is 19.7. The summed E-state index contributed by atoms with van der Waals surface area (Å²) in [6.07, 6.45) is 1.05. The van der Waals surface area contributed by atoms with Crippen LogP contribution in [-0.4, -0.2) is 115 Å². The molecular formula is C21H45N3O7. The summed E-state index contributed by atoms with van der Waals surface area (Å²) in [5, 5.41) is 10.7. The van der Waals surface area contributed by atoms with Gasteiger partial charge >= 0.3 is 0 Å². The van der Waals surface area contributed by atoms with Gasteiger partial charge in [0.15, 0.2) is 0 Å². The molecule has 1 rings (SSSR count). The van der Waals surface area contributed by atoms with Crippen LogP contribution in [0.1, 0.15) is 27.2 Å². The number of nitrogens with zero attached hydrogens (tertiary/aromatic N) is 1. The first kappa shape index (κ1) is 28.6. The molecule has 31 heavy (non-hydrogen) atoms. The van der Waals surface area contributed by atoms with Crippen LogP contribution in [0.3, 0.4) is 0 Å². The molecule has 0 aromatic carbocycles. The molecule has 186 valence electrons. The molecule has 0 radical (unpaired) electrons. The SMILES string of the molecule is CC(C)(C)CCOCCOCCOCCOCC1CN(CCOCCOCCO)NN1. The molecule has 0 saturated carbocycles. The number of aliphatic hydroxyl groups excluding tert-OH is 1. The van der Waals surface area contributed by atoms with Gasteiger partial charge in [0, 0.05) is 19.7 Å². The van der Waals surface area contributed by atoms with Crippen molar-refractivity contribution >= 4 is 0 Å². The lowest BCUT2D eigenvalue weighted by atomic mass is 9.93. The second-order valence-electron chi connectivity index (χ2n) is 8.57. The molecule has 0 aliphatic carbocycles. The molecule has 1 unspecified atom stereocenters. The molecule has 0 bridgehead atoms. The molecule has 1 heterocycles. The highest BCUT2D eigenvalue weighted by atomic mass is 16.6. The molecule has 1 saturated heterocycles. The second-order valence-corrected chi connectivity index (χ2v) is 8.57. The summed E-state index contributed by atoms with van der Waals surface area (Å²) >= 11 is 0. The van der Waals surface area contributed by atoms with Crippen molar-refractivity contribution in [2.24, 2.45) is 5.41 Å². The highest BCUT2D eigenvalue weighted by Gasteiger charge is 2.21. The number of ether oxygens (including phenoxy) is 6. The first-order valence-electron chi connectivity index (χ1n) is 11.3. The van der Waals surface area contributed by atoms with E-state index >= 15 is 0 Å². The second kappa shape index (κ2) is 19.1. The minimum Gasteiger partial charge on any atom is -0.394 e. The molecule has 10 heteroatoms. The monoisotopic (exact) mass is 451 g/mol. The summed E-state index contributed by atoms with van der Waals surface area (Å²) < 4.78 is 32.8. The van der Waals surface area contributed by atoms with Crippen LogP contribution in [-0.2, 0) is 28.4 Å². The van der Waals surface area contributed by atoms with E-state index in [4.69, 9.17) is 33.5 Å². The average Bonchev–Trinajstić information content (AvgIpc) is 3.17. The fourth-order valence-electron chi connectivity index (χ4n) is 2.61. The van der Waals surface area contributed by atoms with E-state index in [1.807, 2.05) is 0 Å². The molecular weight excluding hydrogens is 406 g/mol. The van der Waals surface area contributed by atoms with Gasteiger partial charge in [0.1, 0.15) is 0 Å². The van der Waals surface area contributed by atoms with E-state index < -0.39 is 0 Å². The Hall–Kier alpha value is -0.400. The fraction of sp³-hybridized carbons (Fsp3) is 1.00. The maximum Gasteiger partial charge on any atom is 0.0701 e. The predicted octanol–water partition coefficient (Wildman–Crippen LogP) is 0.208. The Morgan fingerprint density at radius 3 is 1.84 bits per heavy atom. The Bertz CT molecular complexity index is 400. The minimum absolute atomic E-state index is 0.0430. The lowest BCUT2D eigenvalue weighted by molar-refractivity contribution is -0.00563. The smallest absolute Gasteiger partial charge is 0.0701 e. The number of nitrogens with one attached hydrogen (secondary N) is 2. The molecule has 1 aliphatic heterocycles. The normalized spacial score (nSPS) is 17.6. The highest BCUT2D eigenvalue weighted by Crippen LogP contribution is 2.17. The first-order chi connectivity index (χ1) is 15.0. The van der Waals surface area contributed by atoms with Gasteiger partial charge in [-0.2, -0.15) is 5.53 Å². The molecule has 0 aromatic heterocycles. The maximum absolute atomic E-state index is 8.61. The van der Waals surface area contributed by atoms with Crippen LogP contribution in [0, 0.1) is 5.41 Å². The van der Waals surface area contributed by atoms with Crippen LogP contribution < -0.4 is 11.0 Å². The third kappa shape index (κ3) is 18.8. The van der Waals surface area contributed by atoms with Gasteiger partial charge in [-0.3, -0.25) is 0 Å². The molecule has 1 aliphatic rings. The summed E-state index contributed by atoms with van der Waals surface area (Å²) in [7, 11) is 0. The van der Waals surface area contributed by atoms with Crippen molar-refractivity contribution in [1.82, 2.24) is 16.0 Å². The third-order valence-electron chi connectivity index (χ3n) is 4.41. The summed E-state index contributed by atoms with van der Waals surface area (Å²) in [5.74, 6) is 0. The topological polar surface area (TPSA) is 103 Å². The van der Waals surface area contributed by atoms with Crippen molar-refractivity contribution in [2.45, 2.75) is 33.2 Å². The molecule has 1 fully saturated rings. The number of aliphatic hydroxyl groups is 1. The van der Waals surface area contributed by atoms with Gasteiger partial charge in [0.05, 0.1) is 85.3 Å². The van der Waals surface area contributed by atoms with Gasteiger partial charge in [0.25, 0.3) is 0 Å². The summed E-state index contributed by atoms with van der Waals surface area (Å²) in [5.41, 5.74) is 6.63. The molecule has 0 spiro atoms. The van der Waals surface area contributed by atoms with E-state index in [1.165, 1.54) is 0 Å². The van der Waals surface area contributed by atoms with Crippen molar-refractivity contribution < 1.29 is 33.5 Å². The number of hydrazine groups is 2. The van der Waals surface area contributed by atoms with Crippen molar-refractivity contribution in [3.8, 4) is 0 Å². The molecule has 3 N–H and O–H groups in total. The van der Waals surface area contributed by atoms with Crippen molar-refractivity contribution in [2.75, 3.05) is 99.0 Å². The summed E-state index contributed by atoms with van der Waals surface area (Å²) in [6, 6.07) is 0.231. The van der Waals surface area contributed by atoms with Crippen LogP contribution in [0.5, 0.6) is 0 Å². The standard InChI is InChI=1S/C21H45N3O7/c1-21(2,3)4-7-26-10-13-29-14-15-30-16-17-31-19-20-18-24(23-22-20)5-8-27-11-12-28-9-6-25/h20,22-23,25H,4-19H2,1-3H3. The van der Waals surface area contributed by atoms with Gasteiger partial charge in [-0.1, -0.05) is 20.8 Å². The predicted molar refractivity (Wildman–Crippen MR) is 118 cm³/mol. The Morgan fingerprint density at radius 2 is 1.26 bits per heavy atom. The Kier molecular flexibility index (Phi) is 17.6. The van der Waals surface area contributed by atoms with Crippen LogP contribution in [0.4, 0.5) is 0 Å². The van der Waals surface area contributed by atoms with E-state index in [1.54, 1.807) is 0 Å². The maximum atomic E-state index is 8.61. The van der Waals surface area contributed by atoms with Crippen LogP contribution in [0.25, 0.3) is 0 Å². The Balaban J connectivity index is 1.78. The van der Waals surface area contributed by atoms with Gasteiger partial charge in [-0.15, -0.1) is 0 Å². The minimum atomic E-state index is 0.0430. The Morgan fingerprint density at radius 1 is 0.742 bits per heavy atom. The largest absolute Gasteiger partial charge is 0.394 e. The average molecular weight is 452 g/mol. The number of hydrogen-bond donors (Lipinski definition) is 3. The fourth-order valence-corrected chi connectivity index (χ4v) is 2.61. The van der Waals surface area contributed by atoms with E-state index in [9.17, 15) is 0 Å². The van der Waals surface area contributed by atoms with Crippen LogP contribution in [0.2, 0.25) is 0 Å². The first-order valence-corrected chi connectivity index (χ1v) is 11.3. The van der Waals surface area contributed by atoms with Gasteiger partial charge in [0.2, 0.25) is 0 Å². The summed E-state index contributed by atoms with van der Waals surface area (Å²) in [6.45, 7) is 15.2. The van der Waals surface area contributed by atoms with Crippen molar-refractivity contribution in [3.05, 3.63) is 0 Å². The van der Waals surface area contributed by atoms with E-state index in [0.717, 1.165) is 26.1 Å². The zero-order valence-corrected chi connectivity index (χ0v) is 19.7. The van der Waals surface area contributed by atoms with Gasteiger partial charge in [-0.05, 0) is 11.8 Å². The Labute approximate surface area is 187 Å². The number of hydrogen-bond acceptors (Lipinski definition) is 10.